The second-order valence-electron chi connectivity index (χ2n) is 3.34. The first-order valence-electron chi connectivity index (χ1n) is 4.82. The average molecular weight is 244 g/mol. The highest BCUT2D eigenvalue weighted by Crippen LogP contribution is 2.20. The van der Waals surface area contributed by atoms with Gasteiger partial charge in [0.15, 0.2) is 5.82 Å². The number of nitrogens with zero attached hydrogens (tertiary/aromatic N) is 2. The Bertz CT molecular complexity index is 396. The molecule has 5 N–H and O–H groups in total. The van der Waals surface area contributed by atoms with Crippen LogP contribution in [-0.2, 0) is 4.79 Å². The molecule has 1 rings (SSSR count). The second kappa shape index (κ2) is 5.50. The second-order valence-corrected chi connectivity index (χ2v) is 3.68. The largest absolute Gasteiger partial charge is 0.394 e. The van der Waals surface area contributed by atoms with Gasteiger partial charge in [-0.3, -0.25) is 4.79 Å². The molecule has 0 fully saturated rings. The topological polar surface area (TPSA) is 107 Å². The van der Waals surface area contributed by atoms with Crippen molar-refractivity contribution >= 4 is 29.0 Å². The molecular formula is C9H14ClN5O. The van der Waals surface area contributed by atoms with E-state index in [1.54, 1.807) is 6.92 Å². The molecule has 0 saturated heterocycles. The summed E-state index contributed by atoms with van der Waals surface area (Å²) in [5.41, 5.74) is 11.9. The predicted molar refractivity (Wildman–Crippen MR) is 63.1 cm³/mol. The van der Waals surface area contributed by atoms with E-state index >= 15 is 0 Å². The smallest absolute Gasteiger partial charge is 0.224 e. The molecule has 0 aliphatic heterocycles. The van der Waals surface area contributed by atoms with Crippen molar-refractivity contribution in [2.24, 2.45) is 5.73 Å². The Morgan fingerprint density at radius 1 is 1.50 bits per heavy atom. The minimum absolute atomic E-state index is 0.143. The third kappa shape index (κ3) is 3.54. The molecule has 16 heavy (non-hydrogen) atoms. The normalized spacial score (nSPS) is 10.1. The van der Waals surface area contributed by atoms with Gasteiger partial charge in [0, 0.05) is 13.0 Å². The lowest BCUT2D eigenvalue weighted by molar-refractivity contribution is -0.118. The van der Waals surface area contributed by atoms with Crippen molar-refractivity contribution < 1.29 is 4.79 Å². The molecule has 1 aromatic heterocycles. The number of hydrogen-bond acceptors (Lipinski definition) is 5. The molecule has 0 aromatic carbocycles. The van der Waals surface area contributed by atoms with E-state index in [1.165, 1.54) is 0 Å². The Kier molecular flexibility index (Phi) is 4.30. The Morgan fingerprint density at radius 2 is 2.19 bits per heavy atom. The van der Waals surface area contributed by atoms with Gasteiger partial charge in [0.25, 0.3) is 0 Å². The van der Waals surface area contributed by atoms with Crippen molar-refractivity contribution in [1.29, 1.82) is 0 Å². The number of hydrogen-bond donors (Lipinski definition) is 3. The van der Waals surface area contributed by atoms with E-state index < -0.39 is 0 Å². The summed E-state index contributed by atoms with van der Waals surface area (Å²) in [6.07, 6.45) is 0.945. The fraction of sp³-hybridized carbons (Fsp3) is 0.444. The maximum absolute atomic E-state index is 10.5. The third-order valence-corrected chi connectivity index (χ3v) is 2.17. The molecule has 0 radical (unpaired) electrons. The van der Waals surface area contributed by atoms with Crippen molar-refractivity contribution in [2.45, 2.75) is 19.8 Å². The number of amides is 1. The first kappa shape index (κ1) is 12.5. The van der Waals surface area contributed by atoms with Crippen LogP contribution in [0, 0.1) is 6.92 Å². The zero-order chi connectivity index (χ0) is 12.1. The van der Waals surface area contributed by atoms with Crippen LogP contribution in [0.3, 0.4) is 0 Å². The van der Waals surface area contributed by atoms with Crippen molar-refractivity contribution in [2.75, 3.05) is 17.6 Å². The summed E-state index contributed by atoms with van der Waals surface area (Å²) < 4.78 is 0. The van der Waals surface area contributed by atoms with Crippen molar-refractivity contribution in [3.05, 3.63) is 11.0 Å². The number of nitrogens with one attached hydrogen (secondary N) is 1. The molecule has 0 aliphatic rings. The Balaban J connectivity index is 2.57. The summed E-state index contributed by atoms with van der Waals surface area (Å²) in [6, 6.07) is 0. The van der Waals surface area contributed by atoms with Gasteiger partial charge in [0.05, 0.1) is 11.4 Å². The van der Waals surface area contributed by atoms with E-state index in [2.05, 4.69) is 15.3 Å². The third-order valence-electron chi connectivity index (χ3n) is 2.00. The van der Waals surface area contributed by atoms with Crippen molar-refractivity contribution in [3.8, 4) is 0 Å². The monoisotopic (exact) mass is 243 g/mol. The number of nitrogen functional groups attached to an aromatic ring is 1. The van der Waals surface area contributed by atoms with Gasteiger partial charge in [-0.1, -0.05) is 0 Å². The number of anilines is 2. The van der Waals surface area contributed by atoms with Gasteiger partial charge in [0.1, 0.15) is 0 Å². The molecular weight excluding hydrogens is 230 g/mol. The molecule has 0 aliphatic carbocycles. The lowest BCUT2D eigenvalue weighted by Gasteiger charge is -2.09. The van der Waals surface area contributed by atoms with E-state index in [0.29, 0.717) is 36.6 Å². The lowest BCUT2D eigenvalue weighted by atomic mass is 10.3. The lowest BCUT2D eigenvalue weighted by Crippen LogP contribution is -2.14. The number of primary amides is 1. The highest BCUT2D eigenvalue weighted by molar-refractivity contribution is 6.28. The van der Waals surface area contributed by atoms with E-state index in [9.17, 15) is 4.79 Å². The molecule has 7 heteroatoms. The Hall–Kier alpha value is -1.56. The molecule has 0 atom stereocenters. The van der Waals surface area contributed by atoms with Gasteiger partial charge in [0.2, 0.25) is 11.2 Å². The maximum atomic E-state index is 10.5. The predicted octanol–water partition coefficient (Wildman–Crippen LogP) is 0.698. The van der Waals surface area contributed by atoms with Gasteiger partial charge in [-0.2, -0.15) is 4.98 Å². The number of carbonyl (C=O) groups is 1. The summed E-state index contributed by atoms with van der Waals surface area (Å²) in [6.45, 7) is 2.30. The molecule has 0 spiro atoms. The van der Waals surface area contributed by atoms with Gasteiger partial charge in [-0.25, -0.2) is 4.98 Å². The van der Waals surface area contributed by atoms with Crippen molar-refractivity contribution in [1.82, 2.24) is 9.97 Å². The first-order chi connectivity index (χ1) is 7.50. The van der Waals surface area contributed by atoms with E-state index in [4.69, 9.17) is 23.1 Å². The SMILES string of the molecule is Cc1nc(Cl)nc(NCCCC(N)=O)c1N. The fourth-order valence-electron chi connectivity index (χ4n) is 1.15. The van der Waals surface area contributed by atoms with Crippen LogP contribution in [0.2, 0.25) is 5.28 Å². The number of rotatable bonds is 5. The summed E-state index contributed by atoms with van der Waals surface area (Å²) in [7, 11) is 0. The first-order valence-corrected chi connectivity index (χ1v) is 5.20. The molecule has 1 heterocycles. The van der Waals surface area contributed by atoms with Crippen LogP contribution >= 0.6 is 11.6 Å². The average Bonchev–Trinajstić information content (AvgIpc) is 2.19. The van der Waals surface area contributed by atoms with Crippen LogP contribution in [-0.4, -0.2) is 22.4 Å². The molecule has 0 saturated carbocycles. The van der Waals surface area contributed by atoms with Crippen LogP contribution in [0.1, 0.15) is 18.5 Å². The molecule has 0 bridgehead atoms. The summed E-state index contributed by atoms with van der Waals surface area (Å²) in [5, 5.41) is 3.12. The quantitative estimate of drug-likeness (QED) is 0.521. The molecule has 6 nitrogen and oxygen atoms in total. The highest BCUT2D eigenvalue weighted by atomic mass is 35.5. The standard InChI is InChI=1S/C9H14ClN5O/c1-5-7(12)8(15-9(10)14-5)13-4-2-3-6(11)16/h2-4,12H2,1H3,(H2,11,16)(H,13,14,15). The summed E-state index contributed by atoms with van der Waals surface area (Å²) in [4.78, 5) is 18.4. The maximum Gasteiger partial charge on any atom is 0.224 e. The molecule has 1 amide bonds. The fourth-order valence-corrected chi connectivity index (χ4v) is 1.36. The van der Waals surface area contributed by atoms with Gasteiger partial charge < -0.3 is 16.8 Å². The summed E-state index contributed by atoms with van der Waals surface area (Å²) >= 11 is 5.69. The Morgan fingerprint density at radius 3 is 2.81 bits per heavy atom. The number of carbonyl (C=O) groups excluding carboxylic acids is 1. The Labute approximate surface area is 98.4 Å². The number of halogens is 1. The molecule has 88 valence electrons. The van der Waals surface area contributed by atoms with E-state index in [1.807, 2.05) is 0 Å². The van der Waals surface area contributed by atoms with Crippen LogP contribution < -0.4 is 16.8 Å². The number of nitrogens with two attached hydrogens (primary N) is 2. The molecule has 0 unspecified atom stereocenters. The van der Waals surface area contributed by atoms with Gasteiger partial charge >= 0.3 is 0 Å². The summed E-state index contributed by atoms with van der Waals surface area (Å²) in [5.74, 6) is 0.161. The van der Waals surface area contributed by atoms with E-state index in [0.717, 1.165) is 0 Å². The number of aryl methyl sites for hydroxylation is 1. The number of aromatic nitrogens is 2. The van der Waals surface area contributed by atoms with Gasteiger partial charge in [-0.15, -0.1) is 0 Å². The minimum Gasteiger partial charge on any atom is -0.394 e. The van der Waals surface area contributed by atoms with Gasteiger partial charge in [-0.05, 0) is 24.9 Å². The van der Waals surface area contributed by atoms with E-state index in [-0.39, 0.29) is 11.2 Å². The van der Waals surface area contributed by atoms with Crippen molar-refractivity contribution in [3.63, 3.8) is 0 Å². The van der Waals surface area contributed by atoms with Crippen LogP contribution in [0.5, 0.6) is 0 Å². The highest BCUT2D eigenvalue weighted by Gasteiger charge is 2.06. The van der Waals surface area contributed by atoms with Crippen LogP contribution in [0.15, 0.2) is 0 Å². The zero-order valence-electron chi connectivity index (χ0n) is 8.96. The van der Waals surface area contributed by atoms with Crippen LogP contribution in [0.4, 0.5) is 11.5 Å². The zero-order valence-corrected chi connectivity index (χ0v) is 9.71. The molecule has 1 aromatic rings. The minimum atomic E-state index is -0.327. The van der Waals surface area contributed by atoms with Crippen LogP contribution in [0.25, 0.3) is 0 Å².